The number of halogens is 2. The lowest BCUT2D eigenvalue weighted by molar-refractivity contribution is 0.0734. The van der Waals surface area contributed by atoms with E-state index in [0.29, 0.717) is 10.9 Å². The van der Waals surface area contributed by atoms with E-state index in [-0.39, 0.29) is 5.56 Å². The van der Waals surface area contributed by atoms with E-state index in [4.69, 9.17) is 4.74 Å². The van der Waals surface area contributed by atoms with Crippen LogP contribution in [0.3, 0.4) is 0 Å². The van der Waals surface area contributed by atoms with Gasteiger partial charge in [-0.3, -0.25) is 5.43 Å². The highest BCUT2D eigenvalue weighted by Crippen LogP contribution is 2.26. The van der Waals surface area contributed by atoms with Gasteiger partial charge in [-0.1, -0.05) is 28.1 Å². The zero-order valence-electron chi connectivity index (χ0n) is 16.0. The summed E-state index contributed by atoms with van der Waals surface area (Å²) in [7, 11) is 0. The van der Waals surface area contributed by atoms with Crippen LogP contribution in [0.2, 0.25) is 0 Å². The molecule has 0 aliphatic carbocycles. The van der Waals surface area contributed by atoms with Crippen molar-refractivity contribution in [3.05, 3.63) is 99.6 Å². The van der Waals surface area contributed by atoms with Crippen molar-refractivity contribution >= 4 is 44.6 Å². The summed E-state index contributed by atoms with van der Waals surface area (Å²) in [6.07, 6.45) is 1.65. The van der Waals surface area contributed by atoms with Crippen LogP contribution >= 0.6 is 27.3 Å². The minimum atomic E-state index is -0.548. The van der Waals surface area contributed by atoms with Crippen molar-refractivity contribution in [2.24, 2.45) is 5.10 Å². The molecule has 8 heteroatoms. The SMILES string of the molecule is O=C(Oc1ccc(/C=N\Nc2nc(-c3ccc(Br)cc3)cs2)cc1)c1ccc(F)cc1. The Morgan fingerprint density at radius 3 is 2.45 bits per heavy atom. The van der Waals surface area contributed by atoms with E-state index in [1.807, 2.05) is 29.6 Å². The van der Waals surface area contributed by atoms with Crippen molar-refractivity contribution in [3.63, 3.8) is 0 Å². The summed E-state index contributed by atoms with van der Waals surface area (Å²) in [4.78, 5) is 16.6. The maximum absolute atomic E-state index is 12.9. The standard InChI is InChI=1S/C23H15BrFN3O2S/c24-18-7-3-16(4-8-18)21-14-31-23(27-21)28-26-13-15-1-11-20(12-2-15)30-22(29)17-5-9-19(25)10-6-17/h1-14H,(H,27,28)/b26-13-. The molecule has 0 saturated heterocycles. The maximum Gasteiger partial charge on any atom is 0.343 e. The number of benzene rings is 3. The Bertz CT molecular complexity index is 1210. The summed E-state index contributed by atoms with van der Waals surface area (Å²) in [5, 5.41) is 6.84. The molecule has 0 saturated carbocycles. The summed E-state index contributed by atoms with van der Waals surface area (Å²) < 4.78 is 19.3. The Kier molecular flexibility index (Phi) is 6.49. The molecule has 0 fully saturated rings. The maximum atomic E-state index is 12.9. The molecule has 0 aliphatic heterocycles. The number of carbonyl (C=O) groups excluding carboxylic acids is 1. The first-order valence-corrected chi connectivity index (χ1v) is 10.8. The van der Waals surface area contributed by atoms with Crippen molar-refractivity contribution in [2.45, 2.75) is 0 Å². The van der Waals surface area contributed by atoms with Crippen LogP contribution in [0.1, 0.15) is 15.9 Å². The van der Waals surface area contributed by atoms with Crippen LogP contribution in [0, 0.1) is 5.82 Å². The number of aromatic nitrogens is 1. The molecule has 0 bridgehead atoms. The van der Waals surface area contributed by atoms with E-state index in [9.17, 15) is 9.18 Å². The fourth-order valence-corrected chi connectivity index (χ4v) is 3.55. The van der Waals surface area contributed by atoms with Gasteiger partial charge >= 0.3 is 5.97 Å². The molecule has 31 heavy (non-hydrogen) atoms. The molecule has 5 nitrogen and oxygen atoms in total. The summed E-state index contributed by atoms with van der Waals surface area (Å²) in [6, 6.07) is 20.0. The van der Waals surface area contributed by atoms with Crippen LogP contribution < -0.4 is 10.2 Å². The molecular weight excluding hydrogens is 481 g/mol. The molecule has 0 amide bonds. The number of ether oxygens (including phenoxy) is 1. The molecule has 4 rings (SSSR count). The lowest BCUT2D eigenvalue weighted by atomic mass is 10.2. The molecule has 0 atom stereocenters. The first-order chi connectivity index (χ1) is 15.1. The normalized spacial score (nSPS) is 10.9. The second kappa shape index (κ2) is 9.63. The van der Waals surface area contributed by atoms with Gasteiger partial charge in [0.1, 0.15) is 11.6 Å². The smallest absolute Gasteiger partial charge is 0.343 e. The molecule has 1 heterocycles. The van der Waals surface area contributed by atoms with Gasteiger partial charge in [-0.2, -0.15) is 5.10 Å². The number of nitrogens with one attached hydrogen (secondary N) is 1. The highest BCUT2D eigenvalue weighted by atomic mass is 79.9. The number of nitrogens with zero attached hydrogens (tertiary/aromatic N) is 2. The molecule has 0 radical (unpaired) electrons. The Labute approximate surface area is 190 Å². The lowest BCUT2D eigenvalue weighted by Gasteiger charge is -2.04. The number of hydrazone groups is 1. The van der Waals surface area contributed by atoms with Crippen molar-refractivity contribution in [2.75, 3.05) is 5.43 Å². The van der Waals surface area contributed by atoms with Gasteiger partial charge in [-0.05, 0) is 66.2 Å². The van der Waals surface area contributed by atoms with Gasteiger partial charge in [0.15, 0.2) is 0 Å². The van der Waals surface area contributed by atoms with Crippen LogP contribution in [0.25, 0.3) is 11.3 Å². The van der Waals surface area contributed by atoms with Gasteiger partial charge in [0.05, 0.1) is 17.5 Å². The first kappa shape index (κ1) is 20.9. The average Bonchev–Trinajstić information content (AvgIpc) is 3.25. The van der Waals surface area contributed by atoms with Crippen LogP contribution in [0.15, 0.2) is 87.8 Å². The zero-order chi connectivity index (χ0) is 21.6. The quantitative estimate of drug-likeness (QED) is 0.146. The first-order valence-electron chi connectivity index (χ1n) is 9.15. The molecule has 4 aromatic rings. The van der Waals surface area contributed by atoms with E-state index in [2.05, 4.69) is 31.4 Å². The molecule has 0 spiro atoms. The van der Waals surface area contributed by atoms with Gasteiger partial charge in [-0.25, -0.2) is 14.2 Å². The number of hydrogen-bond acceptors (Lipinski definition) is 6. The monoisotopic (exact) mass is 495 g/mol. The van der Waals surface area contributed by atoms with Crippen molar-refractivity contribution in [1.82, 2.24) is 4.98 Å². The third-order valence-corrected chi connectivity index (χ3v) is 5.46. The number of rotatable bonds is 6. The van der Waals surface area contributed by atoms with E-state index in [1.165, 1.54) is 35.6 Å². The number of thiazole rings is 1. The van der Waals surface area contributed by atoms with E-state index < -0.39 is 11.8 Å². The minimum Gasteiger partial charge on any atom is -0.423 e. The fourth-order valence-electron chi connectivity index (χ4n) is 2.61. The molecule has 3 aromatic carbocycles. The molecular formula is C23H15BrFN3O2S. The molecule has 1 aromatic heterocycles. The van der Waals surface area contributed by atoms with Crippen molar-refractivity contribution in [3.8, 4) is 17.0 Å². The van der Waals surface area contributed by atoms with Crippen LogP contribution in [0.5, 0.6) is 5.75 Å². The number of hydrogen-bond donors (Lipinski definition) is 1. The van der Waals surface area contributed by atoms with E-state index in [0.717, 1.165) is 21.3 Å². The molecule has 1 N–H and O–H groups in total. The van der Waals surface area contributed by atoms with Crippen molar-refractivity contribution < 1.29 is 13.9 Å². The van der Waals surface area contributed by atoms with E-state index in [1.54, 1.807) is 30.5 Å². The van der Waals surface area contributed by atoms with Crippen LogP contribution in [-0.2, 0) is 0 Å². The van der Waals surface area contributed by atoms with Gasteiger partial charge in [0, 0.05) is 15.4 Å². The van der Waals surface area contributed by atoms with Gasteiger partial charge in [0.2, 0.25) is 5.13 Å². The summed E-state index contributed by atoms with van der Waals surface area (Å²) in [5.41, 5.74) is 5.92. The zero-order valence-corrected chi connectivity index (χ0v) is 18.4. The average molecular weight is 496 g/mol. The summed E-state index contributed by atoms with van der Waals surface area (Å²) in [5.74, 6) is -0.567. The molecule has 0 aliphatic rings. The topological polar surface area (TPSA) is 63.6 Å². The number of anilines is 1. The van der Waals surface area contributed by atoms with Crippen LogP contribution in [-0.4, -0.2) is 17.2 Å². The Morgan fingerprint density at radius 2 is 1.74 bits per heavy atom. The van der Waals surface area contributed by atoms with Gasteiger partial charge < -0.3 is 4.74 Å². The van der Waals surface area contributed by atoms with E-state index >= 15 is 0 Å². The minimum absolute atomic E-state index is 0.280. The van der Waals surface area contributed by atoms with Gasteiger partial charge in [0.25, 0.3) is 0 Å². The highest BCUT2D eigenvalue weighted by Gasteiger charge is 2.08. The Balaban J connectivity index is 1.33. The largest absolute Gasteiger partial charge is 0.423 e. The highest BCUT2D eigenvalue weighted by molar-refractivity contribution is 9.10. The lowest BCUT2D eigenvalue weighted by Crippen LogP contribution is -2.08. The second-order valence-electron chi connectivity index (χ2n) is 6.38. The Morgan fingerprint density at radius 1 is 1.03 bits per heavy atom. The Hall–Kier alpha value is -3.36. The summed E-state index contributed by atoms with van der Waals surface area (Å²) in [6.45, 7) is 0. The third-order valence-electron chi connectivity index (χ3n) is 4.19. The molecule has 0 unspecified atom stereocenters. The third kappa shape index (κ3) is 5.62. The number of carbonyl (C=O) groups is 1. The molecule has 154 valence electrons. The summed E-state index contributed by atoms with van der Waals surface area (Å²) >= 11 is 4.89. The van der Waals surface area contributed by atoms with Gasteiger partial charge in [-0.15, -0.1) is 11.3 Å². The predicted molar refractivity (Wildman–Crippen MR) is 124 cm³/mol. The predicted octanol–water partition coefficient (Wildman–Crippen LogP) is 6.38. The van der Waals surface area contributed by atoms with Crippen molar-refractivity contribution in [1.29, 1.82) is 0 Å². The number of esters is 1. The second-order valence-corrected chi connectivity index (χ2v) is 8.15. The van der Waals surface area contributed by atoms with Crippen LogP contribution in [0.4, 0.5) is 9.52 Å². The fraction of sp³-hybridized carbons (Fsp3) is 0.